The Kier molecular flexibility index (Phi) is 5.55. The maximum atomic E-state index is 12.1. The molecular weight excluding hydrogens is 302 g/mol. The maximum Gasteiger partial charge on any atom is 0.240 e. The van der Waals surface area contributed by atoms with Crippen LogP contribution in [-0.2, 0) is 14.8 Å². The summed E-state index contributed by atoms with van der Waals surface area (Å²) in [6.45, 7) is 5.25. The Hall–Kier alpha value is -1.44. The minimum absolute atomic E-state index is 0.00240. The normalized spacial score (nSPS) is 16.7. The predicted molar refractivity (Wildman–Crippen MR) is 86.1 cm³/mol. The highest BCUT2D eigenvalue weighted by Gasteiger charge is 2.21. The molecule has 1 aromatic carbocycles. The van der Waals surface area contributed by atoms with Crippen molar-refractivity contribution < 1.29 is 13.2 Å². The lowest BCUT2D eigenvalue weighted by molar-refractivity contribution is -0.120. The third-order valence-corrected chi connectivity index (χ3v) is 5.21. The van der Waals surface area contributed by atoms with Crippen molar-refractivity contribution in [1.82, 2.24) is 10.0 Å². The highest BCUT2D eigenvalue weighted by Crippen LogP contribution is 2.18. The first-order valence-electron chi connectivity index (χ1n) is 7.52. The summed E-state index contributed by atoms with van der Waals surface area (Å²) in [4.78, 5) is 12.3. The summed E-state index contributed by atoms with van der Waals surface area (Å²) in [7, 11) is -3.50. The molecule has 0 bridgehead atoms. The molecule has 3 N–H and O–H groups in total. The molecule has 1 fully saturated rings. The van der Waals surface area contributed by atoms with Crippen molar-refractivity contribution in [3.8, 4) is 0 Å². The zero-order valence-corrected chi connectivity index (χ0v) is 13.7. The number of sulfonamides is 1. The standard InChI is InChI=1S/C15H23N3O3S/c1-11(2)18-22(20,21)14-5-3-13(4-6-14)17-15(19)12-7-9-16-10-8-12/h3-6,11-12,16,18H,7-10H2,1-2H3,(H,17,19). The van der Waals surface area contributed by atoms with Crippen LogP contribution >= 0.6 is 0 Å². The van der Waals surface area contributed by atoms with Crippen molar-refractivity contribution in [2.45, 2.75) is 37.6 Å². The number of carbonyl (C=O) groups is 1. The molecule has 0 aliphatic carbocycles. The van der Waals surface area contributed by atoms with E-state index in [0.717, 1.165) is 25.9 Å². The van der Waals surface area contributed by atoms with Crippen LogP contribution in [0.5, 0.6) is 0 Å². The third-order valence-electron chi connectivity index (χ3n) is 3.53. The topological polar surface area (TPSA) is 87.3 Å². The van der Waals surface area contributed by atoms with Gasteiger partial charge in [0.1, 0.15) is 0 Å². The van der Waals surface area contributed by atoms with Crippen molar-refractivity contribution in [3.05, 3.63) is 24.3 Å². The summed E-state index contributed by atoms with van der Waals surface area (Å²) in [6.07, 6.45) is 1.66. The molecule has 0 radical (unpaired) electrons. The van der Waals surface area contributed by atoms with E-state index in [1.807, 2.05) is 0 Å². The first-order chi connectivity index (χ1) is 10.4. The molecule has 0 aromatic heterocycles. The second-order valence-electron chi connectivity index (χ2n) is 5.81. The van der Waals surface area contributed by atoms with E-state index in [2.05, 4.69) is 15.4 Å². The van der Waals surface area contributed by atoms with Crippen LogP contribution in [-0.4, -0.2) is 33.5 Å². The molecule has 0 unspecified atom stereocenters. The molecule has 1 saturated heterocycles. The van der Waals surface area contributed by atoms with Gasteiger partial charge in [-0.15, -0.1) is 0 Å². The van der Waals surface area contributed by atoms with Gasteiger partial charge >= 0.3 is 0 Å². The van der Waals surface area contributed by atoms with Gasteiger partial charge in [-0.1, -0.05) is 0 Å². The molecule has 0 saturated carbocycles. The fourth-order valence-electron chi connectivity index (χ4n) is 2.42. The van der Waals surface area contributed by atoms with Gasteiger partial charge in [0.2, 0.25) is 15.9 Å². The van der Waals surface area contributed by atoms with Crippen LogP contribution in [0.2, 0.25) is 0 Å². The number of rotatable bonds is 5. The molecule has 6 nitrogen and oxygen atoms in total. The number of carbonyl (C=O) groups excluding carboxylic acids is 1. The van der Waals surface area contributed by atoms with Crippen LogP contribution in [0.1, 0.15) is 26.7 Å². The average Bonchev–Trinajstić information content (AvgIpc) is 2.47. The number of hydrogen-bond acceptors (Lipinski definition) is 4. The number of benzene rings is 1. The third kappa shape index (κ3) is 4.53. The van der Waals surface area contributed by atoms with Crippen LogP contribution in [0.25, 0.3) is 0 Å². The minimum Gasteiger partial charge on any atom is -0.326 e. The zero-order chi connectivity index (χ0) is 16.2. The van der Waals surface area contributed by atoms with Crippen molar-refractivity contribution in [1.29, 1.82) is 0 Å². The van der Waals surface area contributed by atoms with Gasteiger partial charge in [-0.2, -0.15) is 0 Å². The van der Waals surface area contributed by atoms with Crippen LogP contribution in [0.4, 0.5) is 5.69 Å². The summed E-state index contributed by atoms with van der Waals surface area (Å²) in [5.74, 6) is 0.0182. The second kappa shape index (κ2) is 7.21. The monoisotopic (exact) mass is 325 g/mol. The first kappa shape index (κ1) is 16.9. The minimum atomic E-state index is -3.50. The summed E-state index contributed by atoms with van der Waals surface area (Å²) in [6, 6.07) is 6.08. The Morgan fingerprint density at radius 3 is 2.32 bits per heavy atom. The van der Waals surface area contributed by atoms with Crippen molar-refractivity contribution in [3.63, 3.8) is 0 Å². The molecular formula is C15H23N3O3S. The van der Waals surface area contributed by atoms with Crippen LogP contribution < -0.4 is 15.4 Å². The van der Waals surface area contributed by atoms with E-state index in [4.69, 9.17) is 0 Å². The molecule has 1 heterocycles. The molecule has 1 aliphatic rings. The van der Waals surface area contributed by atoms with Crippen molar-refractivity contribution in [2.75, 3.05) is 18.4 Å². The summed E-state index contributed by atoms with van der Waals surface area (Å²) < 4.78 is 26.6. The largest absolute Gasteiger partial charge is 0.326 e. The number of amides is 1. The maximum absolute atomic E-state index is 12.1. The van der Waals surface area contributed by atoms with Gasteiger partial charge in [-0.25, -0.2) is 13.1 Å². The summed E-state index contributed by atoms with van der Waals surface area (Å²) in [5.41, 5.74) is 0.618. The summed E-state index contributed by atoms with van der Waals surface area (Å²) >= 11 is 0. The number of hydrogen-bond donors (Lipinski definition) is 3. The number of anilines is 1. The van der Waals surface area contributed by atoms with E-state index >= 15 is 0 Å². The van der Waals surface area contributed by atoms with E-state index in [9.17, 15) is 13.2 Å². The molecule has 1 aliphatic heterocycles. The quantitative estimate of drug-likeness (QED) is 0.762. The molecule has 1 amide bonds. The Morgan fingerprint density at radius 1 is 1.18 bits per heavy atom. The van der Waals surface area contributed by atoms with E-state index in [-0.39, 0.29) is 22.8 Å². The molecule has 7 heteroatoms. The molecule has 1 aromatic rings. The van der Waals surface area contributed by atoms with E-state index in [1.54, 1.807) is 26.0 Å². The van der Waals surface area contributed by atoms with Gasteiger partial charge in [0, 0.05) is 17.6 Å². The van der Waals surface area contributed by atoms with Gasteiger partial charge < -0.3 is 10.6 Å². The van der Waals surface area contributed by atoms with Gasteiger partial charge in [-0.3, -0.25) is 4.79 Å². The van der Waals surface area contributed by atoms with Gasteiger partial charge in [0.25, 0.3) is 0 Å². The van der Waals surface area contributed by atoms with E-state index in [1.165, 1.54) is 12.1 Å². The van der Waals surface area contributed by atoms with E-state index < -0.39 is 10.0 Å². The van der Waals surface area contributed by atoms with Crippen molar-refractivity contribution >= 4 is 21.6 Å². The fraction of sp³-hybridized carbons (Fsp3) is 0.533. The second-order valence-corrected chi connectivity index (χ2v) is 7.53. The van der Waals surface area contributed by atoms with Gasteiger partial charge in [-0.05, 0) is 64.0 Å². The average molecular weight is 325 g/mol. The fourth-order valence-corrected chi connectivity index (χ4v) is 3.68. The lowest BCUT2D eigenvalue weighted by Gasteiger charge is -2.21. The predicted octanol–water partition coefficient (Wildman–Crippen LogP) is 1.31. The molecule has 22 heavy (non-hydrogen) atoms. The Bertz CT molecular complexity index is 605. The zero-order valence-electron chi connectivity index (χ0n) is 12.9. The Morgan fingerprint density at radius 2 is 1.77 bits per heavy atom. The van der Waals surface area contributed by atoms with Gasteiger partial charge in [0.15, 0.2) is 0 Å². The highest BCUT2D eigenvalue weighted by molar-refractivity contribution is 7.89. The smallest absolute Gasteiger partial charge is 0.240 e. The lowest BCUT2D eigenvalue weighted by atomic mass is 9.97. The van der Waals surface area contributed by atoms with Crippen LogP contribution in [0.15, 0.2) is 29.2 Å². The van der Waals surface area contributed by atoms with Crippen molar-refractivity contribution in [2.24, 2.45) is 5.92 Å². The summed E-state index contributed by atoms with van der Waals surface area (Å²) in [5, 5.41) is 6.07. The molecule has 2 rings (SSSR count). The van der Waals surface area contributed by atoms with Gasteiger partial charge in [0.05, 0.1) is 4.90 Å². The van der Waals surface area contributed by atoms with E-state index in [0.29, 0.717) is 5.69 Å². The Labute approximate surface area is 131 Å². The number of nitrogens with one attached hydrogen (secondary N) is 3. The van der Waals surface area contributed by atoms with Crippen LogP contribution in [0, 0.1) is 5.92 Å². The van der Waals surface area contributed by atoms with Crippen LogP contribution in [0.3, 0.4) is 0 Å². The molecule has 122 valence electrons. The SMILES string of the molecule is CC(C)NS(=O)(=O)c1ccc(NC(=O)C2CCNCC2)cc1. The number of piperidine rings is 1. The molecule has 0 atom stereocenters. The highest BCUT2D eigenvalue weighted by atomic mass is 32.2. The molecule has 0 spiro atoms. The Balaban J connectivity index is 2.01. The lowest BCUT2D eigenvalue weighted by Crippen LogP contribution is -2.34. The first-order valence-corrected chi connectivity index (χ1v) is 9.01.